The highest BCUT2D eigenvalue weighted by Gasteiger charge is 2.40. The highest BCUT2D eigenvalue weighted by atomic mass is 32.1. The van der Waals surface area contributed by atoms with E-state index in [1.54, 1.807) is 12.1 Å². The Kier molecular flexibility index (Phi) is 4.54. The van der Waals surface area contributed by atoms with Gasteiger partial charge in [-0.25, -0.2) is 0 Å². The van der Waals surface area contributed by atoms with Gasteiger partial charge in [0.25, 0.3) is 5.91 Å². The maximum Gasteiger partial charge on any atom is 0.435 e. The summed E-state index contributed by atoms with van der Waals surface area (Å²) in [5.74, 6) is 0.342. The number of carbonyl (C=O) groups is 1. The third-order valence-electron chi connectivity index (χ3n) is 5.73. The van der Waals surface area contributed by atoms with Crippen molar-refractivity contribution in [2.75, 3.05) is 13.1 Å². The van der Waals surface area contributed by atoms with Crippen molar-refractivity contribution in [3.8, 4) is 10.6 Å². The average Bonchev–Trinajstić information content (AvgIpc) is 3.24. The molecule has 0 aliphatic carbocycles. The summed E-state index contributed by atoms with van der Waals surface area (Å²) in [6, 6.07) is 4.80. The predicted octanol–water partition coefficient (Wildman–Crippen LogP) is 3.38. The number of hydrogen-bond acceptors (Lipinski definition) is 4. The number of nitrogens with zero attached hydrogens (tertiary/aromatic N) is 3. The SMILES string of the molecule is CC1C(NC(=O)c2ccc(-c3cc(C(F)(F)F)nn3C)s2)C2CCN1CC2. The molecule has 2 unspecified atom stereocenters. The second kappa shape index (κ2) is 6.63. The van der Waals surface area contributed by atoms with Gasteiger partial charge in [0.15, 0.2) is 5.69 Å². The van der Waals surface area contributed by atoms with E-state index in [9.17, 15) is 18.0 Å². The van der Waals surface area contributed by atoms with Crippen molar-refractivity contribution in [3.05, 3.63) is 28.8 Å². The molecular formula is C18H21F3N4OS. The van der Waals surface area contributed by atoms with E-state index < -0.39 is 11.9 Å². The highest BCUT2D eigenvalue weighted by molar-refractivity contribution is 7.17. The molecule has 0 saturated carbocycles. The van der Waals surface area contributed by atoms with Crippen molar-refractivity contribution < 1.29 is 18.0 Å². The zero-order valence-electron chi connectivity index (χ0n) is 15.1. The van der Waals surface area contributed by atoms with E-state index in [0.717, 1.165) is 32.0 Å². The van der Waals surface area contributed by atoms with Gasteiger partial charge in [0, 0.05) is 19.1 Å². The van der Waals surface area contributed by atoms with Gasteiger partial charge in [0.1, 0.15) is 0 Å². The zero-order valence-corrected chi connectivity index (χ0v) is 15.9. The van der Waals surface area contributed by atoms with Crippen LogP contribution in [0.5, 0.6) is 0 Å². The Hall–Kier alpha value is -1.87. The second-order valence-electron chi connectivity index (χ2n) is 7.31. The first-order valence-electron chi connectivity index (χ1n) is 9.00. The molecule has 3 aliphatic heterocycles. The molecule has 1 amide bonds. The summed E-state index contributed by atoms with van der Waals surface area (Å²) >= 11 is 1.19. The number of thiophene rings is 1. The molecule has 2 bridgehead atoms. The number of hydrogen-bond donors (Lipinski definition) is 1. The van der Waals surface area contributed by atoms with E-state index >= 15 is 0 Å². The number of alkyl halides is 3. The lowest BCUT2D eigenvalue weighted by molar-refractivity contribution is -0.141. The molecule has 2 aromatic rings. The van der Waals surface area contributed by atoms with Crippen LogP contribution in [0.15, 0.2) is 18.2 Å². The average molecular weight is 398 g/mol. The Morgan fingerprint density at radius 1 is 1.30 bits per heavy atom. The van der Waals surface area contributed by atoms with Crippen LogP contribution in [0.2, 0.25) is 0 Å². The molecule has 9 heteroatoms. The Balaban J connectivity index is 1.51. The zero-order chi connectivity index (χ0) is 19.3. The molecule has 3 saturated heterocycles. The monoisotopic (exact) mass is 398 g/mol. The summed E-state index contributed by atoms with van der Waals surface area (Å²) in [5.41, 5.74) is -0.580. The van der Waals surface area contributed by atoms with Crippen molar-refractivity contribution in [1.82, 2.24) is 20.0 Å². The lowest BCUT2D eigenvalue weighted by atomic mass is 9.79. The van der Waals surface area contributed by atoms with Gasteiger partial charge in [-0.1, -0.05) is 0 Å². The van der Waals surface area contributed by atoms with Gasteiger partial charge in [-0.2, -0.15) is 18.3 Å². The van der Waals surface area contributed by atoms with Crippen LogP contribution in [-0.2, 0) is 13.2 Å². The molecule has 27 heavy (non-hydrogen) atoms. The maximum absolute atomic E-state index is 12.9. The van der Waals surface area contributed by atoms with Crippen LogP contribution in [0, 0.1) is 5.92 Å². The number of nitrogens with one attached hydrogen (secondary N) is 1. The molecule has 3 fully saturated rings. The van der Waals surface area contributed by atoms with Crippen LogP contribution in [0.4, 0.5) is 13.2 Å². The molecule has 3 aliphatic rings. The van der Waals surface area contributed by atoms with Crippen molar-refractivity contribution in [2.45, 2.75) is 38.0 Å². The fraction of sp³-hybridized carbons (Fsp3) is 0.556. The minimum atomic E-state index is -4.49. The van der Waals surface area contributed by atoms with Gasteiger partial charge in [-0.3, -0.25) is 14.4 Å². The van der Waals surface area contributed by atoms with Crippen LogP contribution < -0.4 is 5.32 Å². The molecule has 0 spiro atoms. The summed E-state index contributed by atoms with van der Waals surface area (Å²) in [6.45, 7) is 4.32. The number of fused-ring (bicyclic) bond motifs is 3. The van der Waals surface area contributed by atoms with Gasteiger partial charge in [-0.05, 0) is 57.0 Å². The van der Waals surface area contributed by atoms with E-state index in [1.165, 1.54) is 23.1 Å². The summed E-state index contributed by atoms with van der Waals surface area (Å²) in [6.07, 6.45) is -2.29. The van der Waals surface area contributed by atoms with E-state index in [4.69, 9.17) is 0 Å². The van der Waals surface area contributed by atoms with E-state index in [1.807, 2.05) is 0 Å². The Morgan fingerprint density at radius 3 is 2.59 bits per heavy atom. The first kappa shape index (κ1) is 18.5. The molecule has 146 valence electrons. The fourth-order valence-corrected chi connectivity index (χ4v) is 5.16. The first-order chi connectivity index (χ1) is 12.7. The number of carbonyl (C=O) groups excluding carboxylic acids is 1. The van der Waals surface area contributed by atoms with Crippen LogP contribution in [0.3, 0.4) is 0 Å². The third kappa shape index (κ3) is 3.38. The number of halogens is 3. The van der Waals surface area contributed by atoms with Crippen molar-refractivity contribution >= 4 is 17.2 Å². The molecule has 2 atom stereocenters. The molecule has 1 N–H and O–H groups in total. The van der Waals surface area contributed by atoms with Gasteiger partial charge < -0.3 is 5.32 Å². The summed E-state index contributed by atoms with van der Waals surface area (Å²) < 4.78 is 39.8. The Labute approximate surface area is 159 Å². The maximum atomic E-state index is 12.9. The lowest BCUT2D eigenvalue weighted by Gasteiger charge is -2.49. The minimum Gasteiger partial charge on any atom is -0.347 e. The smallest absolute Gasteiger partial charge is 0.347 e. The summed E-state index contributed by atoms with van der Waals surface area (Å²) in [7, 11) is 1.47. The molecule has 5 heterocycles. The van der Waals surface area contributed by atoms with E-state index in [2.05, 4.69) is 22.2 Å². The highest BCUT2D eigenvalue weighted by Crippen LogP contribution is 2.35. The molecule has 0 radical (unpaired) electrons. The number of piperidine rings is 3. The van der Waals surface area contributed by atoms with E-state index in [-0.39, 0.29) is 11.9 Å². The quantitative estimate of drug-likeness (QED) is 0.863. The third-order valence-corrected chi connectivity index (χ3v) is 6.83. The normalized spacial score (nSPS) is 27.7. The largest absolute Gasteiger partial charge is 0.435 e. The molecule has 0 aromatic carbocycles. The van der Waals surface area contributed by atoms with Crippen LogP contribution >= 0.6 is 11.3 Å². The number of rotatable bonds is 3. The number of aromatic nitrogens is 2. The molecular weight excluding hydrogens is 377 g/mol. The second-order valence-corrected chi connectivity index (χ2v) is 8.40. The van der Waals surface area contributed by atoms with Gasteiger partial charge in [0.2, 0.25) is 0 Å². The minimum absolute atomic E-state index is 0.124. The van der Waals surface area contributed by atoms with E-state index in [0.29, 0.717) is 27.4 Å². The Bertz CT molecular complexity index is 849. The number of aryl methyl sites for hydroxylation is 1. The van der Waals surface area contributed by atoms with Crippen LogP contribution in [-0.4, -0.2) is 45.8 Å². The number of amides is 1. The molecule has 5 nitrogen and oxygen atoms in total. The summed E-state index contributed by atoms with van der Waals surface area (Å²) in [4.78, 5) is 16.2. The molecule has 5 rings (SSSR count). The molecule has 2 aromatic heterocycles. The Morgan fingerprint density at radius 2 is 2.00 bits per heavy atom. The van der Waals surface area contributed by atoms with Gasteiger partial charge in [-0.15, -0.1) is 11.3 Å². The van der Waals surface area contributed by atoms with Crippen LogP contribution in [0.1, 0.15) is 35.1 Å². The van der Waals surface area contributed by atoms with Crippen molar-refractivity contribution in [1.29, 1.82) is 0 Å². The summed E-state index contributed by atoms with van der Waals surface area (Å²) in [5, 5.41) is 6.69. The van der Waals surface area contributed by atoms with Gasteiger partial charge in [0.05, 0.1) is 15.4 Å². The van der Waals surface area contributed by atoms with Crippen LogP contribution in [0.25, 0.3) is 10.6 Å². The predicted molar refractivity (Wildman–Crippen MR) is 96.5 cm³/mol. The topological polar surface area (TPSA) is 50.2 Å². The van der Waals surface area contributed by atoms with Gasteiger partial charge >= 0.3 is 6.18 Å². The lowest BCUT2D eigenvalue weighted by Crippen LogP contribution is -2.62. The first-order valence-corrected chi connectivity index (χ1v) is 9.82. The fourth-order valence-electron chi connectivity index (χ4n) is 4.20. The van der Waals surface area contributed by atoms with Crippen molar-refractivity contribution in [2.24, 2.45) is 13.0 Å². The standard InChI is InChI=1S/C18H21F3N4OS/c1-10-16(11-5-7-25(10)8-6-11)22-17(26)14-4-3-13(27-14)12-9-15(18(19,20)21)23-24(12)2/h3-4,9-11,16H,5-8H2,1-2H3,(H,22,26). The van der Waals surface area contributed by atoms with Crippen molar-refractivity contribution in [3.63, 3.8) is 0 Å².